The van der Waals surface area contributed by atoms with Gasteiger partial charge in [0.25, 0.3) is 5.91 Å². The van der Waals surface area contributed by atoms with Crippen LogP contribution in [0, 0.1) is 0 Å². The molecule has 5 rings (SSSR count). The van der Waals surface area contributed by atoms with Gasteiger partial charge < -0.3 is 14.8 Å². The molecule has 0 radical (unpaired) electrons. The van der Waals surface area contributed by atoms with Gasteiger partial charge in [0.15, 0.2) is 0 Å². The minimum absolute atomic E-state index is 0.273. The monoisotopic (exact) mass is 472 g/mol. The normalized spacial score (nSPS) is 17.8. The molecule has 1 aliphatic heterocycles. The lowest BCUT2D eigenvalue weighted by atomic mass is 9.81. The van der Waals surface area contributed by atoms with Gasteiger partial charge in [-0.2, -0.15) is 8.75 Å². The number of amides is 1. The van der Waals surface area contributed by atoms with E-state index in [0.29, 0.717) is 40.0 Å². The van der Waals surface area contributed by atoms with E-state index in [9.17, 15) is 18.0 Å². The van der Waals surface area contributed by atoms with E-state index >= 15 is 0 Å². The van der Waals surface area contributed by atoms with Crippen LogP contribution in [0.15, 0.2) is 60.8 Å². The van der Waals surface area contributed by atoms with E-state index in [2.05, 4.69) is 23.8 Å². The Bertz CT molecular complexity index is 1330. The van der Waals surface area contributed by atoms with Crippen molar-refractivity contribution in [1.29, 1.82) is 0 Å². The summed E-state index contributed by atoms with van der Waals surface area (Å²) in [5.41, 5.74) is 1.54. The van der Waals surface area contributed by atoms with Crippen LogP contribution in [0.25, 0.3) is 11.0 Å². The summed E-state index contributed by atoms with van der Waals surface area (Å²) < 4.78 is 55.8. The topological polar surface area (TPSA) is 86.2 Å². The molecule has 11 heteroatoms. The summed E-state index contributed by atoms with van der Waals surface area (Å²) in [6, 6.07) is 13.8. The second kappa shape index (κ2) is 8.00. The number of aromatic nitrogens is 3. The fraction of sp³-hybridized carbons (Fsp3) is 0.182. The van der Waals surface area contributed by atoms with Crippen molar-refractivity contribution in [2.75, 3.05) is 6.61 Å². The fourth-order valence-electron chi connectivity index (χ4n) is 3.87. The smallest absolute Gasteiger partial charge is 0.491 e. The first-order valence-corrected chi connectivity index (χ1v) is 10.6. The molecule has 3 heterocycles. The van der Waals surface area contributed by atoms with Crippen LogP contribution in [0.4, 0.5) is 13.2 Å². The van der Waals surface area contributed by atoms with Gasteiger partial charge in [0.05, 0.1) is 18.3 Å². The highest BCUT2D eigenvalue weighted by atomic mass is 32.1. The van der Waals surface area contributed by atoms with Gasteiger partial charge >= 0.3 is 6.36 Å². The minimum atomic E-state index is -4.80. The Labute approximate surface area is 189 Å². The van der Waals surface area contributed by atoms with E-state index in [1.54, 1.807) is 36.5 Å². The number of benzene rings is 2. The summed E-state index contributed by atoms with van der Waals surface area (Å²) in [6.45, 7) is 0.273. The number of nitrogens with zero attached hydrogens (tertiary/aromatic N) is 3. The lowest BCUT2D eigenvalue weighted by Gasteiger charge is -2.39. The molecular weight excluding hydrogens is 457 g/mol. The maximum atomic E-state index is 13.3. The largest absolute Gasteiger partial charge is 0.573 e. The maximum Gasteiger partial charge on any atom is 0.573 e. The molecule has 1 amide bonds. The number of carbonyl (C=O) groups is 1. The molecule has 168 valence electrons. The molecule has 33 heavy (non-hydrogen) atoms. The summed E-state index contributed by atoms with van der Waals surface area (Å²) in [7, 11) is 0. The van der Waals surface area contributed by atoms with Crippen LogP contribution in [-0.2, 0) is 5.54 Å². The van der Waals surface area contributed by atoms with Crippen molar-refractivity contribution in [2.45, 2.75) is 18.3 Å². The van der Waals surface area contributed by atoms with Gasteiger partial charge in [-0.3, -0.25) is 9.78 Å². The standard InChI is InChI=1S/C22H15F3N4O3S/c23-22(24,25)32-15-6-4-14(5-7-15)21(9-11-31-18-2-1-10-26-19(18)21)27-20(30)13-3-8-16-17(12-13)29-33-28-16/h1-8,10,12H,9,11H2,(H,27,30). The molecule has 1 atom stereocenters. The van der Waals surface area contributed by atoms with Gasteiger partial charge in [0.1, 0.15) is 33.8 Å². The van der Waals surface area contributed by atoms with Crippen LogP contribution in [0.5, 0.6) is 11.5 Å². The van der Waals surface area contributed by atoms with Crippen molar-refractivity contribution >= 4 is 28.7 Å². The Kier molecular flexibility index (Phi) is 5.12. The van der Waals surface area contributed by atoms with E-state index in [0.717, 1.165) is 11.7 Å². The Balaban J connectivity index is 1.56. The minimum Gasteiger partial charge on any atom is -0.491 e. The molecule has 0 saturated heterocycles. The zero-order chi connectivity index (χ0) is 23.1. The molecule has 2 aromatic heterocycles. The van der Waals surface area contributed by atoms with Crippen LogP contribution in [-0.4, -0.2) is 32.6 Å². The molecule has 0 fully saturated rings. The van der Waals surface area contributed by atoms with Gasteiger partial charge in [0.2, 0.25) is 0 Å². The van der Waals surface area contributed by atoms with Crippen molar-refractivity contribution in [3.63, 3.8) is 0 Å². The number of fused-ring (bicyclic) bond motifs is 2. The maximum absolute atomic E-state index is 13.3. The predicted molar refractivity (Wildman–Crippen MR) is 113 cm³/mol. The first-order valence-electron chi connectivity index (χ1n) is 9.83. The molecule has 0 bridgehead atoms. The third-order valence-electron chi connectivity index (χ3n) is 5.33. The Morgan fingerprint density at radius 1 is 1.09 bits per heavy atom. The highest BCUT2D eigenvalue weighted by molar-refractivity contribution is 7.00. The number of hydrogen-bond donors (Lipinski definition) is 1. The number of pyridine rings is 1. The number of nitrogens with one attached hydrogen (secondary N) is 1. The van der Waals surface area contributed by atoms with Crippen LogP contribution < -0.4 is 14.8 Å². The van der Waals surface area contributed by atoms with E-state index in [4.69, 9.17) is 4.74 Å². The van der Waals surface area contributed by atoms with Crippen molar-refractivity contribution in [1.82, 2.24) is 19.0 Å². The highest BCUT2D eigenvalue weighted by Gasteiger charge is 2.43. The number of hydrogen-bond acceptors (Lipinski definition) is 7. The first-order chi connectivity index (χ1) is 15.8. The zero-order valence-electron chi connectivity index (χ0n) is 16.8. The van der Waals surface area contributed by atoms with Crippen LogP contribution in [0.1, 0.15) is 28.0 Å². The Hall–Kier alpha value is -3.73. The van der Waals surface area contributed by atoms with Crippen molar-refractivity contribution in [3.8, 4) is 11.5 Å². The average Bonchev–Trinajstić information content (AvgIpc) is 3.27. The molecular formula is C22H15F3N4O3S. The molecule has 7 nitrogen and oxygen atoms in total. The van der Waals surface area contributed by atoms with Crippen molar-refractivity contribution in [2.24, 2.45) is 0 Å². The van der Waals surface area contributed by atoms with Gasteiger partial charge in [-0.05, 0) is 48.0 Å². The van der Waals surface area contributed by atoms with Gasteiger partial charge in [0, 0.05) is 18.2 Å². The second-order valence-electron chi connectivity index (χ2n) is 7.35. The van der Waals surface area contributed by atoms with E-state index < -0.39 is 11.9 Å². The van der Waals surface area contributed by atoms with Gasteiger partial charge in [-0.25, -0.2) is 0 Å². The lowest BCUT2D eigenvalue weighted by Crippen LogP contribution is -2.50. The summed E-state index contributed by atoms with van der Waals surface area (Å²) >= 11 is 1.05. The Morgan fingerprint density at radius 3 is 2.67 bits per heavy atom. The number of alkyl halides is 3. The van der Waals surface area contributed by atoms with E-state index in [1.807, 2.05) is 0 Å². The molecule has 0 spiro atoms. The fourth-order valence-corrected chi connectivity index (χ4v) is 4.38. The quantitative estimate of drug-likeness (QED) is 0.473. The molecule has 1 unspecified atom stereocenters. The van der Waals surface area contributed by atoms with Crippen molar-refractivity contribution < 1.29 is 27.4 Å². The lowest BCUT2D eigenvalue weighted by molar-refractivity contribution is -0.274. The first kappa shape index (κ1) is 21.1. The summed E-state index contributed by atoms with van der Waals surface area (Å²) in [4.78, 5) is 17.8. The SMILES string of the molecule is O=C(NC1(c2ccc(OC(F)(F)F)cc2)CCOc2cccnc21)c1ccc2nsnc2c1. The number of halogens is 3. The number of carbonyl (C=O) groups excluding carboxylic acids is 1. The Morgan fingerprint density at radius 2 is 1.88 bits per heavy atom. The second-order valence-corrected chi connectivity index (χ2v) is 7.88. The number of rotatable bonds is 4. The molecule has 1 aliphatic rings. The predicted octanol–water partition coefficient (Wildman–Crippen LogP) is 4.44. The third kappa shape index (κ3) is 4.07. The molecule has 4 aromatic rings. The van der Waals surface area contributed by atoms with Crippen molar-refractivity contribution in [3.05, 3.63) is 77.6 Å². The third-order valence-corrected chi connectivity index (χ3v) is 5.89. The molecule has 2 aromatic carbocycles. The van der Waals surface area contributed by atoms with E-state index in [1.165, 1.54) is 24.3 Å². The molecule has 0 aliphatic carbocycles. The van der Waals surface area contributed by atoms with Crippen LogP contribution >= 0.6 is 11.7 Å². The average molecular weight is 472 g/mol. The number of ether oxygens (including phenoxy) is 2. The zero-order valence-corrected chi connectivity index (χ0v) is 17.6. The summed E-state index contributed by atoms with van der Waals surface area (Å²) in [6.07, 6.45) is -2.91. The van der Waals surface area contributed by atoms with Crippen LogP contribution in [0.2, 0.25) is 0 Å². The molecule has 1 N–H and O–H groups in total. The summed E-state index contributed by atoms with van der Waals surface area (Å²) in [5, 5.41) is 3.06. The molecule has 0 saturated carbocycles. The van der Waals surface area contributed by atoms with E-state index in [-0.39, 0.29) is 18.3 Å². The highest BCUT2D eigenvalue weighted by Crippen LogP contribution is 2.41. The van der Waals surface area contributed by atoms with Gasteiger partial charge in [-0.15, -0.1) is 13.2 Å². The van der Waals surface area contributed by atoms with Gasteiger partial charge in [-0.1, -0.05) is 12.1 Å². The summed E-state index contributed by atoms with van der Waals surface area (Å²) in [5.74, 6) is -0.264. The van der Waals surface area contributed by atoms with Crippen LogP contribution in [0.3, 0.4) is 0 Å².